The molecule has 0 radical (unpaired) electrons. The average Bonchev–Trinajstić information content (AvgIpc) is 2.30. The zero-order valence-corrected chi connectivity index (χ0v) is 9.38. The third kappa shape index (κ3) is 3.02. The van der Waals surface area contributed by atoms with Crippen molar-refractivity contribution >= 4 is 0 Å². The summed E-state index contributed by atoms with van der Waals surface area (Å²) in [6, 6.07) is 9.51. The molecule has 1 rings (SSSR count). The Kier molecular flexibility index (Phi) is 4.75. The smallest absolute Gasteiger partial charge is 0.162 e. The van der Waals surface area contributed by atoms with Crippen LogP contribution in [-0.4, -0.2) is 25.6 Å². The molecule has 1 N–H and O–H groups in total. The molecule has 0 bridgehead atoms. The van der Waals surface area contributed by atoms with Crippen LogP contribution in [0.15, 0.2) is 30.3 Å². The Bertz CT molecular complexity index is 269. The fraction of sp³-hybridized carbons (Fsp3) is 0.500. The molecule has 0 aliphatic carbocycles. The zero-order chi connectivity index (χ0) is 11.3. The van der Waals surface area contributed by atoms with Crippen LogP contribution in [0.4, 0.5) is 0 Å². The van der Waals surface area contributed by atoms with Crippen molar-refractivity contribution in [3.8, 4) is 0 Å². The molecule has 0 aromatic heterocycles. The predicted molar refractivity (Wildman–Crippen MR) is 58.4 cm³/mol. The predicted octanol–water partition coefficient (Wildman–Crippen LogP) is 1.98. The number of aliphatic hydroxyl groups is 1. The van der Waals surface area contributed by atoms with Crippen molar-refractivity contribution in [2.24, 2.45) is 5.92 Å². The number of methoxy groups -OCH3 is 2. The van der Waals surface area contributed by atoms with Crippen molar-refractivity contribution in [2.75, 3.05) is 14.2 Å². The lowest BCUT2D eigenvalue weighted by atomic mass is 9.97. The summed E-state index contributed by atoms with van der Waals surface area (Å²) in [5, 5.41) is 10.1. The molecule has 2 atom stereocenters. The minimum atomic E-state index is -0.573. The summed E-state index contributed by atoms with van der Waals surface area (Å²) in [6.07, 6.45) is -0.962. The molecule has 0 saturated carbocycles. The van der Waals surface area contributed by atoms with E-state index in [4.69, 9.17) is 9.47 Å². The van der Waals surface area contributed by atoms with Gasteiger partial charge in [-0.15, -0.1) is 0 Å². The van der Waals surface area contributed by atoms with Crippen molar-refractivity contribution in [3.63, 3.8) is 0 Å². The highest BCUT2D eigenvalue weighted by Crippen LogP contribution is 2.25. The Labute approximate surface area is 90.6 Å². The van der Waals surface area contributed by atoms with Gasteiger partial charge in [0, 0.05) is 20.1 Å². The molecular formula is C12H18O3. The van der Waals surface area contributed by atoms with E-state index in [-0.39, 0.29) is 12.2 Å². The number of hydrogen-bond donors (Lipinski definition) is 1. The van der Waals surface area contributed by atoms with E-state index < -0.39 is 6.10 Å². The highest BCUT2D eigenvalue weighted by Gasteiger charge is 2.24. The van der Waals surface area contributed by atoms with Crippen molar-refractivity contribution in [2.45, 2.75) is 19.3 Å². The number of ether oxygens (including phenoxy) is 2. The van der Waals surface area contributed by atoms with E-state index in [0.29, 0.717) is 0 Å². The van der Waals surface area contributed by atoms with Crippen LogP contribution in [0.2, 0.25) is 0 Å². The van der Waals surface area contributed by atoms with Crippen molar-refractivity contribution < 1.29 is 14.6 Å². The minimum Gasteiger partial charge on any atom is -0.388 e. The van der Waals surface area contributed by atoms with Gasteiger partial charge >= 0.3 is 0 Å². The van der Waals surface area contributed by atoms with Gasteiger partial charge in [0.05, 0.1) is 6.10 Å². The molecule has 3 heteroatoms. The van der Waals surface area contributed by atoms with E-state index in [1.54, 1.807) is 14.2 Å². The van der Waals surface area contributed by atoms with Crippen LogP contribution in [-0.2, 0) is 9.47 Å². The Morgan fingerprint density at radius 2 is 1.60 bits per heavy atom. The zero-order valence-electron chi connectivity index (χ0n) is 9.38. The molecule has 0 saturated heterocycles. The van der Waals surface area contributed by atoms with Gasteiger partial charge in [-0.1, -0.05) is 37.3 Å². The maximum absolute atomic E-state index is 10.1. The Hall–Kier alpha value is -0.900. The Morgan fingerprint density at radius 3 is 2.07 bits per heavy atom. The van der Waals surface area contributed by atoms with E-state index in [1.807, 2.05) is 37.3 Å². The molecule has 1 aromatic carbocycles. The quantitative estimate of drug-likeness (QED) is 0.755. The number of benzene rings is 1. The molecule has 0 unspecified atom stereocenters. The van der Waals surface area contributed by atoms with Crippen LogP contribution >= 0.6 is 0 Å². The molecule has 0 aliphatic heterocycles. The topological polar surface area (TPSA) is 38.7 Å². The molecule has 0 heterocycles. The Morgan fingerprint density at radius 1 is 1.07 bits per heavy atom. The first kappa shape index (κ1) is 12.2. The molecule has 1 aromatic rings. The third-order valence-corrected chi connectivity index (χ3v) is 2.53. The van der Waals surface area contributed by atoms with Crippen molar-refractivity contribution in [1.82, 2.24) is 0 Å². The van der Waals surface area contributed by atoms with Gasteiger partial charge in [0.15, 0.2) is 6.29 Å². The summed E-state index contributed by atoms with van der Waals surface area (Å²) in [4.78, 5) is 0. The molecule has 0 amide bonds. The van der Waals surface area contributed by atoms with E-state index >= 15 is 0 Å². The van der Waals surface area contributed by atoms with Crippen molar-refractivity contribution in [3.05, 3.63) is 35.9 Å². The average molecular weight is 210 g/mol. The molecule has 0 spiro atoms. The second-order valence-electron chi connectivity index (χ2n) is 3.55. The summed E-state index contributed by atoms with van der Waals surface area (Å²) in [5.74, 6) is -0.109. The van der Waals surface area contributed by atoms with Crippen LogP contribution in [0.25, 0.3) is 0 Å². The highest BCUT2D eigenvalue weighted by atomic mass is 16.7. The normalized spacial score (nSPS) is 15.3. The fourth-order valence-electron chi connectivity index (χ4n) is 1.63. The number of hydrogen-bond acceptors (Lipinski definition) is 3. The van der Waals surface area contributed by atoms with Gasteiger partial charge in [0.2, 0.25) is 0 Å². The van der Waals surface area contributed by atoms with Crippen LogP contribution < -0.4 is 0 Å². The summed E-state index contributed by atoms with van der Waals surface area (Å²) in [5.41, 5.74) is 0.879. The summed E-state index contributed by atoms with van der Waals surface area (Å²) < 4.78 is 10.2. The van der Waals surface area contributed by atoms with Gasteiger partial charge in [0.25, 0.3) is 0 Å². The maximum atomic E-state index is 10.1. The molecule has 0 fully saturated rings. The van der Waals surface area contributed by atoms with E-state index in [1.165, 1.54) is 0 Å². The van der Waals surface area contributed by atoms with Gasteiger partial charge in [-0.2, -0.15) is 0 Å². The largest absolute Gasteiger partial charge is 0.388 e. The number of rotatable bonds is 5. The lowest BCUT2D eigenvalue weighted by Gasteiger charge is -2.25. The van der Waals surface area contributed by atoms with Crippen LogP contribution in [0.3, 0.4) is 0 Å². The minimum absolute atomic E-state index is 0.109. The van der Waals surface area contributed by atoms with Crippen LogP contribution in [0.1, 0.15) is 18.6 Å². The van der Waals surface area contributed by atoms with Crippen LogP contribution in [0, 0.1) is 5.92 Å². The molecule has 0 aliphatic rings. The third-order valence-electron chi connectivity index (χ3n) is 2.53. The molecule has 84 valence electrons. The SMILES string of the molecule is COC(OC)[C@@H](C)[C@H](O)c1ccccc1. The van der Waals surface area contributed by atoms with E-state index in [2.05, 4.69) is 0 Å². The van der Waals surface area contributed by atoms with Gasteiger partial charge in [0.1, 0.15) is 0 Å². The summed E-state index contributed by atoms with van der Waals surface area (Å²) in [7, 11) is 3.14. The van der Waals surface area contributed by atoms with Gasteiger partial charge in [-0.3, -0.25) is 0 Å². The summed E-state index contributed by atoms with van der Waals surface area (Å²) >= 11 is 0. The molecular weight excluding hydrogens is 192 g/mol. The highest BCUT2D eigenvalue weighted by molar-refractivity contribution is 5.17. The van der Waals surface area contributed by atoms with Gasteiger partial charge in [-0.25, -0.2) is 0 Å². The molecule has 3 nitrogen and oxygen atoms in total. The first-order chi connectivity index (χ1) is 7.20. The van der Waals surface area contributed by atoms with Gasteiger partial charge < -0.3 is 14.6 Å². The second kappa shape index (κ2) is 5.85. The van der Waals surface area contributed by atoms with E-state index in [9.17, 15) is 5.11 Å². The maximum Gasteiger partial charge on any atom is 0.162 e. The Balaban J connectivity index is 2.71. The molecule has 15 heavy (non-hydrogen) atoms. The number of aliphatic hydroxyl groups excluding tert-OH is 1. The van der Waals surface area contributed by atoms with Gasteiger partial charge in [-0.05, 0) is 5.56 Å². The fourth-order valence-corrected chi connectivity index (χ4v) is 1.63. The lowest BCUT2D eigenvalue weighted by molar-refractivity contribution is -0.156. The second-order valence-corrected chi connectivity index (χ2v) is 3.55. The first-order valence-electron chi connectivity index (χ1n) is 4.99. The van der Waals surface area contributed by atoms with E-state index in [0.717, 1.165) is 5.56 Å². The lowest BCUT2D eigenvalue weighted by Crippen LogP contribution is -2.27. The monoisotopic (exact) mass is 210 g/mol. The summed E-state index contributed by atoms with van der Waals surface area (Å²) in [6.45, 7) is 1.90. The first-order valence-corrected chi connectivity index (χ1v) is 4.99. The van der Waals surface area contributed by atoms with Crippen LogP contribution in [0.5, 0.6) is 0 Å². The standard InChI is InChI=1S/C12H18O3/c1-9(12(14-2)15-3)11(13)10-7-5-4-6-8-10/h4-9,11-13H,1-3H3/t9-,11-/m0/s1. The van der Waals surface area contributed by atoms with Crippen molar-refractivity contribution in [1.29, 1.82) is 0 Å².